The second kappa shape index (κ2) is 6.83. The van der Waals surface area contributed by atoms with Gasteiger partial charge in [-0.2, -0.15) is 0 Å². The smallest absolute Gasteiger partial charge is 0.255 e. The molecule has 4 nitrogen and oxygen atoms in total. The molecule has 0 saturated carbocycles. The minimum absolute atomic E-state index is 0.0790. The predicted molar refractivity (Wildman–Crippen MR) is 81.2 cm³/mol. The average molecular weight is 287 g/mol. The molecule has 0 atom stereocenters. The van der Waals surface area contributed by atoms with Crippen LogP contribution in [0.4, 0.5) is 15.8 Å². The summed E-state index contributed by atoms with van der Waals surface area (Å²) in [4.78, 5) is 18.0. The van der Waals surface area contributed by atoms with Crippen LogP contribution in [-0.4, -0.2) is 28.9 Å². The first-order valence-corrected chi connectivity index (χ1v) is 6.91. The van der Waals surface area contributed by atoms with E-state index in [1.165, 1.54) is 12.3 Å². The number of nitrogens with one attached hydrogen (secondary N) is 1. The number of anilines is 2. The Bertz CT molecular complexity index is 626. The Morgan fingerprint density at radius 2 is 1.95 bits per heavy atom. The van der Waals surface area contributed by atoms with Gasteiger partial charge in [0.15, 0.2) is 0 Å². The van der Waals surface area contributed by atoms with Gasteiger partial charge in [-0.05, 0) is 32.0 Å². The molecule has 1 N–H and O–H groups in total. The minimum Gasteiger partial charge on any atom is -0.352 e. The molecule has 2 rings (SSSR count). The molecular formula is C16H18FN3O. The van der Waals surface area contributed by atoms with Crippen molar-refractivity contribution in [3.8, 4) is 0 Å². The molecule has 1 amide bonds. The number of carbonyl (C=O) groups is 1. The number of rotatable bonds is 5. The number of benzene rings is 1. The van der Waals surface area contributed by atoms with Crippen molar-refractivity contribution in [2.24, 2.45) is 0 Å². The van der Waals surface area contributed by atoms with Crippen molar-refractivity contribution in [1.29, 1.82) is 0 Å². The normalized spacial score (nSPS) is 10.2. The molecule has 21 heavy (non-hydrogen) atoms. The van der Waals surface area contributed by atoms with Crippen LogP contribution in [0.25, 0.3) is 0 Å². The third-order valence-electron chi connectivity index (χ3n) is 3.19. The van der Waals surface area contributed by atoms with Gasteiger partial charge in [0, 0.05) is 19.3 Å². The van der Waals surface area contributed by atoms with Crippen molar-refractivity contribution in [2.75, 3.05) is 18.4 Å². The number of hydrogen-bond donors (Lipinski definition) is 1. The number of halogens is 1. The van der Waals surface area contributed by atoms with Crippen LogP contribution >= 0.6 is 0 Å². The van der Waals surface area contributed by atoms with E-state index in [1.807, 2.05) is 13.8 Å². The molecule has 0 spiro atoms. The largest absolute Gasteiger partial charge is 0.352 e. The van der Waals surface area contributed by atoms with E-state index in [2.05, 4.69) is 10.3 Å². The topological polar surface area (TPSA) is 45.2 Å². The summed E-state index contributed by atoms with van der Waals surface area (Å²) in [5.74, 6) is -0.428. The van der Waals surface area contributed by atoms with Gasteiger partial charge in [0.1, 0.15) is 5.82 Å². The van der Waals surface area contributed by atoms with Gasteiger partial charge in [0.2, 0.25) is 0 Å². The summed E-state index contributed by atoms with van der Waals surface area (Å²) in [5, 5.41) is 2.93. The molecule has 1 aromatic carbocycles. The summed E-state index contributed by atoms with van der Waals surface area (Å²) in [7, 11) is 0. The number of pyridine rings is 1. The second-order valence-electron chi connectivity index (χ2n) is 4.54. The van der Waals surface area contributed by atoms with Crippen LogP contribution in [0.5, 0.6) is 0 Å². The quantitative estimate of drug-likeness (QED) is 0.916. The molecule has 0 bridgehead atoms. The standard InChI is InChI=1S/C16H18FN3O/c1-3-20(4-2)16(21)12-9-13(11-18-10-12)19-15-8-6-5-7-14(15)17/h5-11,19H,3-4H2,1-2H3. The Hall–Kier alpha value is -2.43. The number of para-hydroxylation sites is 1. The van der Waals surface area contributed by atoms with E-state index in [-0.39, 0.29) is 11.7 Å². The van der Waals surface area contributed by atoms with E-state index in [1.54, 1.807) is 35.4 Å². The number of carbonyl (C=O) groups excluding carboxylic acids is 1. The van der Waals surface area contributed by atoms with Crippen LogP contribution in [0, 0.1) is 5.82 Å². The van der Waals surface area contributed by atoms with Crippen LogP contribution in [0.3, 0.4) is 0 Å². The summed E-state index contributed by atoms with van der Waals surface area (Å²) in [6.45, 7) is 5.13. The van der Waals surface area contributed by atoms with Crippen molar-refractivity contribution in [2.45, 2.75) is 13.8 Å². The van der Waals surface area contributed by atoms with E-state index in [4.69, 9.17) is 0 Å². The molecule has 0 saturated heterocycles. The predicted octanol–water partition coefficient (Wildman–Crippen LogP) is 3.45. The maximum absolute atomic E-state index is 13.6. The number of amides is 1. The Balaban J connectivity index is 2.22. The highest BCUT2D eigenvalue weighted by Gasteiger charge is 2.13. The summed E-state index contributed by atoms with van der Waals surface area (Å²) < 4.78 is 13.6. The first-order chi connectivity index (χ1) is 10.2. The zero-order valence-corrected chi connectivity index (χ0v) is 12.1. The second-order valence-corrected chi connectivity index (χ2v) is 4.54. The Morgan fingerprint density at radius 3 is 2.62 bits per heavy atom. The summed E-state index contributed by atoms with van der Waals surface area (Å²) in [6, 6.07) is 8.05. The van der Waals surface area contributed by atoms with E-state index in [9.17, 15) is 9.18 Å². The molecule has 110 valence electrons. The fraction of sp³-hybridized carbons (Fsp3) is 0.250. The van der Waals surface area contributed by atoms with Crippen molar-refractivity contribution < 1.29 is 9.18 Å². The average Bonchev–Trinajstić information content (AvgIpc) is 2.51. The first kappa shape index (κ1) is 15.0. The van der Waals surface area contributed by atoms with Gasteiger partial charge in [-0.15, -0.1) is 0 Å². The third-order valence-corrected chi connectivity index (χ3v) is 3.19. The van der Waals surface area contributed by atoms with Crippen molar-refractivity contribution in [3.05, 3.63) is 54.1 Å². The molecule has 0 radical (unpaired) electrons. The molecule has 0 aliphatic rings. The number of nitrogens with zero attached hydrogens (tertiary/aromatic N) is 2. The van der Waals surface area contributed by atoms with Gasteiger partial charge in [-0.3, -0.25) is 9.78 Å². The van der Waals surface area contributed by atoms with Gasteiger partial charge >= 0.3 is 0 Å². The van der Waals surface area contributed by atoms with Crippen LogP contribution < -0.4 is 5.32 Å². The van der Waals surface area contributed by atoms with Crippen LogP contribution in [0.2, 0.25) is 0 Å². The van der Waals surface area contributed by atoms with Crippen LogP contribution in [0.1, 0.15) is 24.2 Å². The Kier molecular flexibility index (Phi) is 4.87. The van der Waals surface area contributed by atoms with Crippen molar-refractivity contribution >= 4 is 17.3 Å². The minimum atomic E-state index is -0.349. The van der Waals surface area contributed by atoms with Crippen LogP contribution in [0.15, 0.2) is 42.7 Å². The first-order valence-electron chi connectivity index (χ1n) is 6.91. The maximum Gasteiger partial charge on any atom is 0.255 e. The molecule has 0 aliphatic carbocycles. The zero-order chi connectivity index (χ0) is 15.2. The monoisotopic (exact) mass is 287 g/mol. The fourth-order valence-electron chi connectivity index (χ4n) is 2.04. The number of hydrogen-bond acceptors (Lipinski definition) is 3. The highest BCUT2D eigenvalue weighted by atomic mass is 19.1. The molecule has 1 heterocycles. The SMILES string of the molecule is CCN(CC)C(=O)c1cncc(Nc2ccccc2F)c1. The Labute approximate surface area is 123 Å². The Morgan fingerprint density at radius 1 is 1.24 bits per heavy atom. The lowest BCUT2D eigenvalue weighted by Gasteiger charge is -2.18. The molecule has 5 heteroatoms. The van der Waals surface area contributed by atoms with E-state index < -0.39 is 0 Å². The zero-order valence-electron chi connectivity index (χ0n) is 12.1. The summed E-state index contributed by atoms with van der Waals surface area (Å²) >= 11 is 0. The van der Waals surface area contributed by atoms with Gasteiger partial charge in [-0.1, -0.05) is 12.1 Å². The number of aromatic nitrogens is 1. The summed E-state index contributed by atoms with van der Waals surface area (Å²) in [5.41, 5.74) is 1.42. The molecule has 0 aliphatic heterocycles. The van der Waals surface area contributed by atoms with Gasteiger partial charge in [0.25, 0.3) is 5.91 Å². The van der Waals surface area contributed by atoms with Gasteiger partial charge in [0.05, 0.1) is 23.1 Å². The highest BCUT2D eigenvalue weighted by Crippen LogP contribution is 2.20. The fourth-order valence-corrected chi connectivity index (χ4v) is 2.04. The van der Waals surface area contributed by atoms with Crippen molar-refractivity contribution in [1.82, 2.24) is 9.88 Å². The molecule has 0 unspecified atom stereocenters. The lowest BCUT2D eigenvalue weighted by molar-refractivity contribution is 0.0772. The maximum atomic E-state index is 13.6. The van der Waals surface area contributed by atoms with E-state index in [0.717, 1.165) is 0 Å². The lowest BCUT2D eigenvalue weighted by Crippen LogP contribution is -2.30. The van der Waals surface area contributed by atoms with E-state index >= 15 is 0 Å². The van der Waals surface area contributed by atoms with Crippen LogP contribution in [-0.2, 0) is 0 Å². The highest BCUT2D eigenvalue weighted by molar-refractivity contribution is 5.94. The molecule has 2 aromatic rings. The summed E-state index contributed by atoms with van der Waals surface area (Å²) in [6.07, 6.45) is 3.08. The molecule has 0 fully saturated rings. The molecule has 1 aromatic heterocycles. The van der Waals surface area contributed by atoms with E-state index in [0.29, 0.717) is 30.0 Å². The molecular weight excluding hydrogens is 269 g/mol. The lowest BCUT2D eigenvalue weighted by atomic mass is 10.2. The van der Waals surface area contributed by atoms with Crippen molar-refractivity contribution in [3.63, 3.8) is 0 Å². The third kappa shape index (κ3) is 3.56. The van der Waals surface area contributed by atoms with Gasteiger partial charge in [-0.25, -0.2) is 4.39 Å². The van der Waals surface area contributed by atoms with Gasteiger partial charge < -0.3 is 10.2 Å².